The summed E-state index contributed by atoms with van der Waals surface area (Å²) in [6, 6.07) is 5.99. The summed E-state index contributed by atoms with van der Waals surface area (Å²) in [5.41, 5.74) is -0.660. The molecule has 1 saturated heterocycles. The maximum Gasteiger partial charge on any atom is 0.252 e. The van der Waals surface area contributed by atoms with Crippen molar-refractivity contribution in [1.82, 2.24) is 19.8 Å². The molecular formula is C19H26N4O5S. The van der Waals surface area contributed by atoms with Crippen LogP contribution in [-0.4, -0.2) is 54.1 Å². The minimum absolute atomic E-state index is 0.0691. The Bertz CT molecular complexity index is 992. The van der Waals surface area contributed by atoms with Crippen LogP contribution in [-0.2, 0) is 20.3 Å². The number of rotatable bonds is 5. The predicted molar refractivity (Wildman–Crippen MR) is 105 cm³/mol. The van der Waals surface area contributed by atoms with Gasteiger partial charge in [-0.25, -0.2) is 8.42 Å². The Kier molecular flexibility index (Phi) is 5.79. The Hall–Kier alpha value is -2.30. The fourth-order valence-corrected chi connectivity index (χ4v) is 4.88. The molecule has 0 radical (unpaired) electrons. The van der Waals surface area contributed by atoms with Gasteiger partial charge in [0.25, 0.3) is 5.91 Å². The molecule has 3 rings (SSSR count). The zero-order chi connectivity index (χ0) is 21.4. The zero-order valence-corrected chi connectivity index (χ0v) is 18.0. The van der Waals surface area contributed by atoms with Crippen LogP contribution in [0.15, 0.2) is 33.7 Å². The largest absolute Gasteiger partial charge is 0.373 e. The Morgan fingerprint density at radius 2 is 1.90 bits per heavy atom. The molecule has 0 spiro atoms. The Balaban J connectivity index is 1.82. The van der Waals surface area contributed by atoms with Crippen LogP contribution >= 0.6 is 0 Å². The van der Waals surface area contributed by atoms with Gasteiger partial charge in [0.05, 0.1) is 22.6 Å². The SMILES string of the molecule is Cc1nc(C(C)(C)NC(=O)c2cccc(S(=O)(=O)N3CC(C)OC(C)C3)c2)no1. The standard InChI is InChI=1S/C19H26N4O5S/c1-12-10-23(11-13(2)27-12)29(25,26)16-8-6-7-15(9-16)17(24)21-19(4,5)18-20-14(3)28-22-18/h6-9,12-13H,10-11H2,1-5H3,(H,21,24). The van der Waals surface area contributed by atoms with E-state index in [-0.39, 0.29) is 35.8 Å². The van der Waals surface area contributed by atoms with Gasteiger partial charge in [0.1, 0.15) is 0 Å². The molecule has 9 nitrogen and oxygen atoms in total. The van der Waals surface area contributed by atoms with Crippen molar-refractivity contribution in [2.24, 2.45) is 0 Å². The maximum absolute atomic E-state index is 13.1. The van der Waals surface area contributed by atoms with Crippen LogP contribution in [0.4, 0.5) is 0 Å². The van der Waals surface area contributed by atoms with E-state index in [4.69, 9.17) is 9.26 Å². The summed E-state index contributed by atoms with van der Waals surface area (Å²) in [5, 5.41) is 6.67. The first-order valence-electron chi connectivity index (χ1n) is 9.38. The third-order valence-electron chi connectivity index (χ3n) is 4.63. The number of hydrogen-bond acceptors (Lipinski definition) is 7. The first-order chi connectivity index (χ1) is 13.5. The summed E-state index contributed by atoms with van der Waals surface area (Å²) < 4.78 is 38.1. The molecule has 2 aromatic rings. The molecule has 158 valence electrons. The van der Waals surface area contributed by atoms with Crippen molar-refractivity contribution in [3.8, 4) is 0 Å². The molecule has 1 aliphatic heterocycles. The van der Waals surface area contributed by atoms with E-state index in [0.717, 1.165) is 0 Å². The fourth-order valence-electron chi connectivity index (χ4n) is 3.24. The van der Waals surface area contributed by atoms with Crippen LogP contribution in [0.25, 0.3) is 0 Å². The lowest BCUT2D eigenvalue weighted by Gasteiger charge is -2.34. The number of benzene rings is 1. The van der Waals surface area contributed by atoms with Gasteiger partial charge in [-0.1, -0.05) is 11.2 Å². The monoisotopic (exact) mass is 422 g/mol. The molecule has 1 aliphatic rings. The average Bonchev–Trinajstić information content (AvgIpc) is 3.08. The number of carbonyl (C=O) groups is 1. The molecule has 2 unspecified atom stereocenters. The van der Waals surface area contributed by atoms with Gasteiger partial charge in [-0.05, 0) is 45.9 Å². The highest BCUT2D eigenvalue weighted by Gasteiger charge is 2.33. The number of nitrogens with one attached hydrogen (secondary N) is 1. The van der Waals surface area contributed by atoms with Gasteiger partial charge < -0.3 is 14.6 Å². The highest BCUT2D eigenvalue weighted by molar-refractivity contribution is 7.89. The summed E-state index contributed by atoms with van der Waals surface area (Å²) in [7, 11) is -3.74. The average molecular weight is 423 g/mol. The molecule has 2 heterocycles. The third kappa shape index (κ3) is 4.65. The molecule has 0 aliphatic carbocycles. The smallest absolute Gasteiger partial charge is 0.252 e. The Morgan fingerprint density at radius 1 is 1.24 bits per heavy atom. The van der Waals surface area contributed by atoms with E-state index in [2.05, 4.69) is 15.5 Å². The van der Waals surface area contributed by atoms with E-state index in [9.17, 15) is 13.2 Å². The van der Waals surface area contributed by atoms with E-state index >= 15 is 0 Å². The van der Waals surface area contributed by atoms with Crippen molar-refractivity contribution in [3.63, 3.8) is 0 Å². The number of morpholine rings is 1. The highest BCUT2D eigenvalue weighted by atomic mass is 32.2. The molecule has 0 saturated carbocycles. The second-order valence-electron chi connectivity index (χ2n) is 7.82. The molecule has 1 aromatic carbocycles. The van der Waals surface area contributed by atoms with Crippen LogP contribution in [0.3, 0.4) is 0 Å². The van der Waals surface area contributed by atoms with Gasteiger partial charge in [-0.3, -0.25) is 4.79 Å². The van der Waals surface area contributed by atoms with Crippen molar-refractivity contribution in [2.45, 2.75) is 57.3 Å². The predicted octanol–water partition coefficient (Wildman–Crippen LogP) is 1.84. The topological polar surface area (TPSA) is 115 Å². The fraction of sp³-hybridized carbons (Fsp3) is 0.526. The first-order valence-corrected chi connectivity index (χ1v) is 10.8. The summed E-state index contributed by atoms with van der Waals surface area (Å²) in [5.74, 6) is 0.297. The van der Waals surface area contributed by atoms with Crippen molar-refractivity contribution in [3.05, 3.63) is 41.5 Å². The lowest BCUT2D eigenvalue weighted by molar-refractivity contribution is -0.0440. The second-order valence-corrected chi connectivity index (χ2v) is 9.76. The van der Waals surface area contributed by atoms with Gasteiger partial charge >= 0.3 is 0 Å². The molecule has 29 heavy (non-hydrogen) atoms. The number of nitrogens with zero attached hydrogens (tertiary/aromatic N) is 3. The molecule has 1 fully saturated rings. The van der Waals surface area contributed by atoms with E-state index in [0.29, 0.717) is 11.7 Å². The van der Waals surface area contributed by atoms with Crippen molar-refractivity contribution >= 4 is 15.9 Å². The number of carbonyl (C=O) groups excluding carboxylic acids is 1. The first kappa shape index (κ1) is 21.4. The molecule has 2 atom stereocenters. The number of amides is 1. The molecule has 10 heteroatoms. The summed E-state index contributed by atoms with van der Waals surface area (Å²) in [6.45, 7) is 9.36. The lowest BCUT2D eigenvalue weighted by atomic mass is 10.0. The number of sulfonamides is 1. The Morgan fingerprint density at radius 3 is 2.48 bits per heavy atom. The Labute approximate surface area is 170 Å². The molecule has 1 N–H and O–H groups in total. The molecule has 1 aromatic heterocycles. The highest BCUT2D eigenvalue weighted by Crippen LogP contribution is 2.23. The van der Waals surface area contributed by atoms with E-state index in [1.165, 1.54) is 16.4 Å². The second kappa shape index (κ2) is 7.85. The van der Waals surface area contributed by atoms with Crippen LogP contribution in [0.5, 0.6) is 0 Å². The van der Waals surface area contributed by atoms with Gasteiger partial charge in [0, 0.05) is 25.6 Å². The van der Waals surface area contributed by atoms with Crippen LogP contribution in [0.2, 0.25) is 0 Å². The van der Waals surface area contributed by atoms with Gasteiger partial charge in [-0.15, -0.1) is 0 Å². The lowest BCUT2D eigenvalue weighted by Crippen LogP contribution is -2.48. The third-order valence-corrected chi connectivity index (χ3v) is 6.46. The van der Waals surface area contributed by atoms with Crippen molar-refractivity contribution in [1.29, 1.82) is 0 Å². The van der Waals surface area contributed by atoms with Crippen molar-refractivity contribution in [2.75, 3.05) is 13.1 Å². The quantitative estimate of drug-likeness (QED) is 0.782. The van der Waals surface area contributed by atoms with Crippen LogP contribution in [0.1, 0.15) is 49.8 Å². The summed E-state index contributed by atoms with van der Waals surface area (Å²) >= 11 is 0. The normalized spacial score (nSPS) is 21.1. The summed E-state index contributed by atoms with van der Waals surface area (Å²) in [4.78, 5) is 17.0. The number of hydrogen-bond donors (Lipinski definition) is 1. The van der Waals surface area contributed by atoms with E-state index in [1.54, 1.807) is 32.9 Å². The van der Waals surface area contributed by atoms with E-state index in [1.807, 2.05) is 13.8 Å². The molecule has 0 bridgehead atoms. The van der Waals surface area contributed by atoms with Crippen LogP contribution in [0, 0.1) is 6.92 Å². The number of aryl methyl sites for hydroxylation is 1. The van der Waals surface area contributed by atoms with Crippen LogP contribution < -0.4 is 5.32 Å². The zero-order valence-electron chi connectivity index (χ0n) is 17.2. The number of ether oxygens (including phenoxy) is 1. The molecular weight excluding hydrogens is 396 g/mol. The van der Waals surface area contributed by atoms with Crippen molar-refractivity contribution < 1.29 is 22.5 Å². The van der Waals surface area contributed by atoms with E-state index < -0.39 is 21.5 Å². The minimum Gasteiger partial charge on any atom is -0.373 e. The number of aromatic nitrogens is 2. The van der Waals surface area contributed by atoms with Gasteiger partial charge in [-0.2, -0.15) is 9.29 Å². The minimum atomic E-state index is -3.74. The molecule has 1 amide bonds. The summed E-state index contributed by atoms with van der Waals surface area (Å²) in [6.07, 6.45) is -0.390. The maximum atomic E-state index is 13.1. The van der Waals surface area contributed by atoms with Gasteiger partial charge in [0.15, 0.2) is 5.82 Å². The van der Waals surface area contributed by atoms with Gasteiger partial charge in [0.2, 0.25) is 15.9 Å².